The summed E-state index contributed by atoms with van der Waals surface area (Å²) in [7, 11) is 1.63. The third-order valence-electron chi connectivity index (χ3n) is 5.79. The number of nitrogens with one attached hydrogen (secondary N) is 2. The van der Waals surface area contributed by atoms with Gasteiger partial charge in [-0.3, -0.25) is 4.79 Å². The highest BCUT2D eigenvalue weighted by atomic mass is 16.5. The van der Waals surface area contributed by atoms with Gasteiger partial charge in [0.2, 0.25) is 0 Å². The quantitative estimate of drug-likeness (QED) is 0.614. The van der Waals surface area contributed by atoms with Crippen LogP contribution in [0.2, 0.25) is 0 Å². The Labute approximate surface area is 171 Å². The summed E-state index contributed by atoms with van der Waals surface area (Å²) in [5, 5.41) is 4.54. The van der Waals surface area contributed by atoms with E-state index in [-0.39, 0.29) is 11.6 Å². The molecule has 2 N–H and O–H groups in total. The average Bonchev–Trinajstić information content (AvgIpc) is 2.78. The van der Waals surface area contributed by atoms with E-state index in [1.54, 1.807) is 7.11 Å². The van der Waals surface area contributed by atoms with Gasteiger partial charge in [-0.15, -0.1) is 0 Å². The lowest BCUT2D eigenvalue weighted by molar-refractivity contribution is 0.415. The van der Waals surface area contributed by atoms with Crippen LogP contribution in [0.3, 0.4) is 0 Å². The molecule has 0 radical (unpaired) electrons. The van der Waals surface area contributed by atoms with E-state index in [2.05, 4.69) is 46.4 Å². The minimum Gasteiger partial charge on any atom is -0.497 e. The highest BCUT2D eigenvalue weighted by molar-refractivity contribution is 5.80. The van der Waals surface area contributed by atoms with Crippen LogP contribution in [0, 0.1) is 0 Å². The molecular formula is C24H29N3O2. The first kappa shape index (κ1) is 19.4. The number of pyridine rings is 1. The van der Waals surface area contributed by atoms with Crippen LogP contribution in [0.4, 0.5) is 11.4 Å². The fourth-order valence-corrected chi connectivity index (χ4v) is 4.10. The SMILES string of the molecule is CCC(Nc1ccc(N2CCCCC2)cc1)c1cc2ccc(OC)cc2[nH]c1=O. The normalized spacial score (nSPS) is 15.3. The van der Waals surface area contributed by atoms with Gasteiger partial charge in [-0.05, 0) is 73.5 Å². The average molecular weight is 392 g/mol. The molecule has 5 nitrogen and oxygen atoms in total. The molecule has 1 aliphatic rings. The van der Waals surface area contributed by atoms with Crippen molar-refractivity contribution in [3.05, 3.63) is 64.4 Å². The molecule has 2 heterocycles. The number of hydrogen-bond acceptors (Lipinski definition) is 4. The number of rotatable bonds is 6. The summed E-state index contributed by atoms with van der Waals surface area (Å²) in [6, 6.07) is 16.3. The molecule has 0 saturated carbocycles. The first-order valence-corrected chi connectivity index (χ1v) is 10.5. The summed E-state index contributed by atoms with van der Waals surface area (Å²) in [5.74, 6) is 0.736. The van der Waals surface area contributed by atoms with Gasteiger partial charge in [0.1, 0.15) is 5.75 Å². The zero-order valence-electron chi connectivity index (χ0n) is 17.2. The molecule has 2 aromatic carbocycles. The van der Waals surface area contributed by atoms with Crippen molar-refractivity contribution < 1.29 is 4.74 Å². The number of fused-ring (bicyclic) bond motifs is 1. The fourth-order valence-electron chi connectivity index (χ4n) is 4.10. The monoisotopic (exact) mass is 391 g/mol. The standard InChI is InChI=1S/C24H29N3O2/c1-3-22(21-15-17-7-12-20(29-2)16-23(17)26-24(21)28)25-18-8-10-19(11-9-18)27-13-5-4-6-14-27/h7-12,15-16,22,25H,3-6,13-14H2,1-2H3,(H,26,28). The van der Waals surface area contributed by atoms with E-state index >= 15 is 0 Å². The van der Waals surface area contributed by atoms with Crippen LogP contribution in [-0.4, -0.2) is 25.2 Å². The van der Waals surface area contributed by atoms with Gasteiger partial charge in [-0.1, -0.05) is 6.92 Å². The molecule has 0 amide bonds. The van der Waals surface area contributed by atoms with Crippen LogP contribution in [-0.2, 0) is 0 Å². The van der Waals surface area contributed by atoms with Crippen LogP contribution in [0.25, 0.3) is 10.9 Å². The molecule has 152 valence electrons. The van der Waals surface area contributed by atoms with Crippen LogP contribution in [0.15, 0.2) is 53.3 Å². The number of anilines is 2. The van der Waals surface area contributed by atoms with Gasteiger partial charge in [0.25, 0.3) is 5.56 Å². The molecule has 1 saturated heterocycles. The zero-order valence-corrected chi connectivity index (χ0v) is 17.2. The minimum atomic E-state index is -0.0601. The maximum Gasteiger partial charge on any atom is 0.253 e. The number of methoxy groups -OCH3 is 1. The molecule has 3 aromatic rings. The van der Waals surface area contributed by atoms with Crippen molar-refractivity contribution in [2.24, 2.45) is 0 Å². The number of H-pyrrole nitrogens is 1. The topological polar surface area (TPSA) is 57.4 Å². The summed E-state index contributed by atoms with van der Waals surface area (Å²) >= 11 is 0. The molecule has 1 fully saturated rings. The van der Waals surface area contributed by atoms with Crippen LogP contribution in [0.5, 0.6) is 5.75 Å². The maximum atomic E-state index is 12.7. The number of ether oxygens (including phenoxy) is 1. The van der Waals surface area contributed by atoms with Gasteiger partial charge >= 0.3 is 0 Å². The van der Waals surface area contributed by atoms with E-state index in [0.29, 0.717) is 0 Å². The van der Waals surface area contributed by atoms with Crippen molar-refractivity contribution in [2.75, 3.05) is 30.4 Å². The van der Waals surface area contributed by atoms with Gasteiger partial charge in [0, 0.05) is 36.1 Å². The van der Waals surface area contributed by atoms with Gasteiger partial charge in [0.05, 0.1) is 18.7 Å². The molecule has 1 aliphatic heterocycles. The Morgan fingerprint density at radius 3 is 2.52 bits per heavy atom. The van der Waals surface area contributed by atoms with Crippen molar-refractivity contribution in [1.82, 2.24) is 4.98 Å². The first-order valence-electron chi connectivity index (χ1n) is 10.5. The Morgan fingerprint density at radius 2 is 1.83 bits per heavy atom. The van der Waals surface area contributed by atoms with Gasteiger partial charge < -0.3 is 19.9 Å². The number of hydrogen-bond donors (Lipinski definition) is 2. The van der Waals surface area contributed by atoms with Gasteiger partial charge in [0.15, 0.2) is 0 Å². The Bertz CT molecular complexity index is 1020. The van der Waals surface area contributed by atoms with E-state index in [9.17, 15) is 4.79 Å². The van der Waals surface area contributed by atoms with Crippen molar-refractivity contribution in [1.29, 1.82) is 0 Å². The maximum absolute atomic E-state index is 12.7. The molecule has 0 spiro atoms. The minimum absolute atomic E-state index is 0.0499. The van der Waals surface area contributed by atoms with Crippen LogP contribution >= 0.6 is 0 Å². The summed E-state index contributed by atoms with van der Waals surface area (Å²) in [6.07, 6.45) is 4.70. The van der Waals surface area contributed by atoms with Gasteiger partial charge in [-0.2, -0.15) is 0 Å². The summed E-state index contributed by atoms with van der Waals surface area (Å²) in [4.78, 5) is 18.2. The second-order valence-electron chi connectivity index (χ2n) is 7.71. The molecule has 1 atom stereocenters. The molecule has 0 aliphatic carbocycles. The Kier molecular flexibility index (Phi) is 5.74. The van der Waals surface area contributed by atoms with Crippen molar-refractivity contribution in [3.8, 4) is 5.75 Å². The molecule has 1 aromatic heterocycles. The molecule has 29 heavy (non-hydrogen) atoms. The molecule has 4 rings (SSSR count). The van der Waals surface area contributed by atoms with Crippen LogP contribution < -0.4 is 20.5 Å². The number of benzene rings is 2. The zero-order chi connectivity index (χ0) is 20.2. The van der Waals surface area contributed by atoms with E-state index < -0.39 is 0 Å². The van der Waals surface area contributed by atoms with Crippen molar-refractivity contribution in [3.63, 3.8) is 0 Å². The molecule has 0 bridgehead atoms. The first-order chi connectivity index (χ1) is 14.2. The third kappa shape index (κ3) is 4.24. The highest BCUT2D eigenvalue weighted by Crippen LogP contribution is 2.26. The smallest absolute Gasteiger partial charge is 0.253 e. The van der Waals surface area contributed by atoms with Crippen LogP contribution in [0.1, 0.15) is 44.2 Å². The molecule has 1 unspecified atom stereocenters. The van der Waals surface area contributed by atoms with Gasteiger partial charge in [-0.25, -0.2) is 0 Å². The number of nitrogens with zero attached hydrogens (tertiary/aromatic N) is 1. The number of piperidine rings is 1. The lowest BCUT2D eigenvalue weighted by Crippen LogP contribution is -2.29. The predicted molar refractivity (Wildman–Crippen MR) is 120 cm³/mol. The molecular weight excluding hydrogens is 362 g/mol. The molecule has 5 heteroatoms. The second-order valence-corrected chi connectivity index (χ2v) is 7.71. The van der Waals surface area contributed by atoms with E-state index in [1.165, 1.54) is 24.9 Å². The van der Waals surface area contributed by atoms with E-state index in [0.717, 1.165) is 47.4 Å². The lowest BCUT2D eigenvalue weighted by Gasteiger charge is -2.29. The van der Waals surface area contributed by atoms with E-state index in [1.807, 2.05) is 24.3 Å². The largest absolute Gasteiger partial charge is 0.497 e. The number of aromatic nitrogens is 1. The summed E-state index contributed by atoms with van der Waals surface area (Å²) in [5.41, 5.74) is 3.80. The second kappa shape index (κ2) is 8.60. The van der Waals surface area contributed by atoms with Crippen molar-refractivity contribution >= 4 is 22.3 Å². The third-order valence-corrected chi connectivity index (χ3v) is 5.79. The van der Waals surface area contributed by atoms with Crippen molar-refractivity contribution in [2.45, 2.75) is 38.6 Å². The Balaban J connectivity index is 1.55. The Hall–Kier alpha value is -2.95. The summed E-state index contributed by atoms with van der Waals surface area (Å²) in [6.45, 7) is 4.38. The van der Waals surface area contributed by atoms with E-state index in [4.69, 9.17) is 4.74 Å². The summed E-state index contributed by atoms with van der Waals surface area (Å²) < 4.78 is 5.26. The Morgan fingerprint density at radius 1 is 1.07 bits per heavy atom. The fraction of sp³-hybridized carbons (Fsp3) is 0.375. The highest BCUT2D eigenvalue weighted by Gasteiger charge is 2.15. The number of aromatic amines is 1. The lowest BCUT2D eigenvalue weighted by atomic mass is 10.0. The predicted octanol–water partition coefficient (Wildman–Crippen LogP) is 5.09.